The smallest absolute Gasteiger partial charge is 0.317 e. The molecule has 0 fully saturated rings. The zero-order valence-corrected chi connectivity index (χ0v) is 14.7. The first-order valence-electron chi connectivity index (χ1n) is 7.60. The van der Waals surface area contributed by atoms with E-state index in [4.69, 9.17) is 4.43 Å². The Bertz CT molecular complexity index is 288. The van der Waals surface area contributed by atoms with E-state index < -0.39 is 8.32 Å². The molecule has 2 nitrogen and oxygen atoms in total. The minimum absolute atomic E-state index is 0.0800. The molecule has 0 bridgehead atoms. The van der Waals surface area contributed by atoms with E-state index in [9.17, 15) is 4.79 Å². The Morgan fingerprint density at radius 1 is 1.11 bits per heavy atom. The van der Waals surface area contributed by atoms with E-state index in [1.165, 1.54) is 32.1 Å². The first-order valence-corrected chi connectivity index (χ1v) is 10.5. The molecule has 0 amide bonds. The van der Waals surface area contributed by atoms with Crippen molar-refractivity contribution in [1.29, 1.82) is 0 Å². The minimum Gasteiger partial charge on any atom is -0.516 e. The Labute approximate surface area is 120 Å². The van der Waals surface area contributed by atoms with E-state index in [2.05, 4.69) is 40.8 Å². The zero-order chi connectivity index (χ0) is 14.9. The molecular formula is C16H32O2Si. The van der Waals surface area contributed by atoms with Gasteiger partial charge in [0.15, 0.2) is 0 Å². The summed E-state index contributed by atoms with van der Waals surface area (Å²) in [7, 11) is -1.95. The molecular weight excluding hydrogens is 252 g/mol. The van der Waals surface area contributed by atoms with Gasteiger partial charge in [-0.3, -0.25) is 0 Å². The number of unbranched alkanes of at least 4 members (excludes halogenated alkanes) is 5. The average molecular weight is 285 g/mol. The van der Waals surface area contributed by atoms with E-state index in [0.717, 1.165) is 6.42 Å². The van der Waals surface area contributed by atoms with Gasteiger partial charge in [-0.25, -0.2) is 4.79 Å². The molecule has 19 heavy (non-hydrogen) atoms. The molecule has 0 rings (SSSR count). The van der Waals surface area contributed by atoms with Crippen LogP contribution in [0.2, 0.25) is 18.1 Å². The number of carbonyl (C=O) groups excluding carboxylic acids is 1. The summed E-state index contributed by atoms with van der Waals surface area (Å²) in [5, 5.41) is 0.0800. The van der Waals surface area contributed by atoms with Crippen LogP contribution in [0.4, 0.5) is 0 Å². The average Bonchev–Trinajstić information content (AvgIpc) is 2.25. The summed E-state index contributed by atoms with van der Waals surface area (Å²) in [6.07, 6.45) is 10.9. The van der Waals surface area contributed by atoms with E-state index >= 15 is 0 Å². The molecule has 0 saturated heterocycles. The highest BCUT2D eigenvalue weighted by atomic mass is 28.4. The molecule has 0 aliphatic rings. The lowest BCUT2D eigenvalue weighted by atomic mass is 10.1. The van der Waals surface area contributed by atoms with Crippen LogP contribution in [0.5, 0.6) is 0 Å². The maximum Gasteiger partial charge on any atom is 0.317 e. The second-order valence-corrected chi connectivity index (χ2v) is 11.5. The molecule has 0 aliphatic carbocycles. The van der Waals surface area contributed by atoms with Crippen molar-refractivity contribution in [2.24, 2.45) is 0 Å². The Balaban J connectivity index is 3.92. The van der Waals surface area contributed by atoms with Crippen LogP contribution in [-0.2, 0) is 9.22 Å². The lowest BCUT2D eigenvalue weighted by Crippen LogP contribution is -2.42. The normalized spacial score (nSPS) is 12.9. The third kappa shape index (κ3) is 8.25. The summed E-state index contributed by atoms with van der Waals surface area (Å²) in [6, 6.07) is 0. The van der Waals surface area contributed by atoms with Crippen molar-refractivity contribution < 1.29 is 9.22 Å². The standard InChI is InChI=1S/C16H32O2Si/c1-7-8-9-10-11-12-13-14-15(17)18-19(5,6)16(2,3)4/h13-14H,7-12H2,1-6H3. The number of rotatable bonds is 8. The molecule has 0 aliphatic heterocycles. The van der Waals surface area contributed by atoms with Gasteiger partial charge in [-0.05, 0) is 31.0 Å². The van der Waals surface area contributed by atoms with Crippen LogP contribution in [-0.4, -0.2) is 14.3 Å². The van der Waals surface area contributed by atoms with Gasteiger partial charge in [0.25, 0.3) is 8.32 Å². The largest absolute Gasteiger partial charge is 0.516 e. The first kappa shape index (κ1) is 18.4. The minimum atomic E-state index is -1.95. The Morgan fingerprint density at radius 3 is 2.21 bits per heavy atom. The first-order chi connectivity index (χ1) is 8.70. The van der Waals surface area contributed by atoms with Gasteiger partial charge in [0.2, 0.25) is 0 Å². The third-order valence-electron chi connectivity index (χ3n) is 3.89. The molecule has 0 saturated carbocycles. The van der Waals surface area contributed by atoms with Gasteiger partial charge in [0.05, 0.1) is 0 Å². The fourth-order valence-corrected chi connectivity index (χ4v) is 2.36. The topological polar surface area (TPSA) is 26.3 Å². The van der Waals surface area contributed by atoms with Crippen LogP contribution in [0, 0.1) is 0 Å². The highest BCUT2D eigenvalue weighted by molar-refractivity contribution is 6.75. The molecule has 112 valence electrons. The van der Waals surface area contributed by atoms with Crippen LogP contribution < -0.4 is 0 Å². The Morgan fingerprint density at radius 2 is 1.68 bits per heavy atom. The third-order valence-corrected chi connectivity index (χ3v) is 8.21. The summed E-state index contributed by atoms with van der Waals surface area (Å²) >= 11 is 0. The Hall–Kier alpha value is -0.573. The van der Waals surface area contributed by atoms with Crippen LogP contribution in [0.3, 0.4) is 0 Å². The Kier molecular flexibility index (Phi) is 8.31. The molecule has 0 radical (unpaired) electrons. The van der Waals surface area contributed by atoms with Crippen molar-refractivity contribution >= 4 is 14.3 Å². The number of carbonyl (C=O) groups is 1. The summed E-state index contributed by atoms with van der Waals surface area (Å²) < 4.78 is 5.66. The van der Waals surface area contributed by atoms with Gasteiger partial charge in [-0.1, -0.05) is 59.5 Å². The van der Waals surface area contributed by atoms with Crippen LogP contribution in [0.25, 0.3) is 0 Å². The molecule has 3 heteroatoms. The maximum atomic E-state index is 11.8. The monoisotopic (exact) mass is 284 g/mol. The molecule has 0 atom stereocenters. The van der Waals surface area contributed by atoms with Gasteiger partial charge in [-0.15, -0.1) is 0 Å². The molecule has 0 unspecified atom stereocenters. The van der Waals surface area contributed by atoms with Crippen molar-refractivity contribution in [2.75, 3.05) is 0 Å². The van der Waals surface area contributed by atoms with Crippen molar-refractivity contribution in [3.8, 4) is 0 Å². The van der Waals surface area contributed by atoms with Gasteiger partial charge in [-0.2, -0.15) is 0 Å². The van der Waals surface area contributed by atoms with Gasteiger partial charge in [0, 0.05) is 6.08 Å². The van der Waals surface area contributed by atoms with E-state index in [0.29, 0.717) is 0 Å². The van der Waals surface area contributed by atoms with Crippen molar-refractivity contribution in [3.63, 3.8) is 0 Å². The molecule has 0 heterocycles. The highest BCUT2D eigenvalue weighted by Gasteiger charge is 2.39. The molecule has 0 spiro atoms. The number of hydrogen-bond acceptors (Lipinski definition) is 2. The SMILES string of the molecule is CCCCCCCC=CC(=O)O[Si](C)(C)C(C)(C)C. The van der Waals surface area contributed by atoms with E-state index in [-0.39, 0.29) is 11.0 Å². The molecule has 0 aromatic carbocycles. The fourth-order valence-electron chi connectivity index (χ4n) is 1.48. The van der Waals surface area contributed by atoms with Crippen molar-refractivity contribution in [2.45, 2.75) is 84.4 Å². The second-order valence-electron chi connectivity index (χ2n) is 6.79. The lowest BCUT2D eigenvalue weighted by Gasteiger charge is -2.34. The van der Waals surface area contributed by atoms with Crippen LogP contribution in [0.15, 0.2) is 12.2 Å². The predicted octanol–water partition coefficient (Wildman–Crippen LogP) is 5.45. The maximum absolute atomic E-state index is 11.8. The highest BCUT2D eigenvalue weighted by Crippen LogP contribution is 2.36. The summed E-state index contributed by atoms with van der Waals surface area (Å²) in [4.78, 5) is 11.8. The summed E-state index contributed by atoms with van der Waals surface area (Å²) in [5.41, 5.74) is 0. The van der Waals surface area contributed by atoms with Gasteiger partial charge >= 0.3 is 5.97 Å². The lowest BCUT2D eigenvalue weighted by molar-refractivity contribution is -0.130. The predicted molar refractivity (Wildman–Crippen MR) is 85.8 cm³/mol. The summed E-state index contributed by atoms with van der Waals surface area (Å²) in [6.45, 7) is 12.8. The molecule has 0 aromatic heterocycles. The van der Waals surface area contributed by atoms with E-state index in [1.807, 2.05) is 6.08 Å². The summed E-state index contributed by atoms with van der Waals surface area (Å²) in [5.74, 6) is -0.167. The van der Waals surface area contributed by atoms with E-state index in [1.54, 1.807) is 6.08 Å². The molecule has 0 aromatic rings. The van der Waals surface area contributed by atoms with Crippen LogP contribution >= 0.6 is 0 Å². The quantitative estimate of drug-likeness (QED) is 0.336. The fraction of sp³-hybridized carbons (Fsp3) is 0.812. The second kappa shape index (κ2) is 8.57. The zero-order valence-electron chi connectivity index (χ0n) is 13.7. The van der Waals surface area contributed by atoms with Crippen molar-refractivity contribution in [1.82, 2.24) is 0 Å². The number of allylic oxidation sites excluding steroid dienone is 1. The van der Waals surface area contributed by atoms with Gasteiger partial charge in [0.1, 0.15) is 0 Å². The van der Waals surface area contributed by atoms with Crippen LogP contribution in [0.1, 0.15) is 66.2 Å². The molecule has 0 N–H and O–H groups in total. The van der Waals surface area contributed by atoms with Gasteiger partial charge < -0.3 is 4.43 Å². The van der Waals surface area contributed by atoms with Crippen molar-refractivity contribution in [3.05, 3.63) is 12.2 Å². The number of hydrogen-bond donors (Lipinski definition) is 0.